The Morgan fingerprint density at radius 1 is 1.14 bits per heavy atom. The Morgan fingerprint density at radius 2 is 1.86 bits per heavy atom. The summed E-state index contributed by atoms with van der Waals surface area (Å²) >= 11 is 12.3. The molecule has 0 saturated carbocycles. The third-order valence-corrected chi connectivity index (χ3v) is 5.55. The molecule has 7 N–H and O–H groups in total. The molecule has 2 aromatic heterocycles. The van der Waals surface area contributed by atoms with E-state index in [4.69, 9.17) is 46.7 Å². The number of aliphatic hydroxyl groups is 4. The molecular weight excluding hydrogens is 492 g/mol. The first kappa shape index (κ1) is 27.1. The molecule has 3 aromatic rings. The molecule has 14 heteroatoms. The number of aromatic amines is 1. The van der Waals surface area contributed by atoms with Gasteiger partial charge in [-0.1, -0.05) is 35.3 Å². The van der Waals surface area contributed by atoms with Crippen LogP contribution in [-0.4, -0.2) is 83.6 Å². The van der Waals surface area contributed by atoms with E-state index in [-0.39, 0.29) is 23.1 Å². The minimum absolute atomic E-state index is 0.00449. The number of anilines is 1. The lowest BCUT2D eigenvalue weighted by atomic mass is 9.56. The monoisotopic (exact) mass is 510 g/mol. The molecule has 0 fully saturated rings. The Labute approximate surface area is 215 Å². The minimum atomic E-state index is -2.99. The summed E-state index contributed by atoms with van der Waals surface area (Å²) in [6.07, 6.45) is 2.77. The second-order valence-electron chi connectivity index (χ2n) is 7.86. The molecule has 35 heavy (non-hydrogen) atoms. The first-order valence-electron chi connectivity index (χ1n) is 10.1. The van der Waals surface area contributed by atoms with Gasteiger partial charge in [-0.05, 0) is 29.8 Å². The summed E-state index contributed by atoms with van der Waals surface area (Å²) in [5.41, 5.74) is -1.32. The Kier molecular flexibility index (Phi) is 8.26. The average molecular weight is 511 g/mol. The van der Waals surface area contributed by atoms with Gasteiger partial charge in [-0.25, -0.2) is 4.98 Å². The van der Waals surface area contributed by atoms with Crippen LogP contribution >= 0.6 is 23.2 Å². The number of halogens is 2. The number of carbonyl (C=O) groups excluding carboxylic acids is 1. The molecule has 1 aromatic carbocycles. The van der Waals surface area contributed by atoms with E-state index in [1.807, 2.05) is 0 Å². The fraction of sp³-hybridized carbons (Fsp3) is 0.238. The number of pyridine rings is 1. The van der Waals surface area contributed by atoms with Crippen molar-refractivity contribution in [2.24, 2.45) is 0 Å². The molecule has 0 saturated heterocycles. The van der Waals surface area contributed by atoms with Crippen molar-refractivity contribution in [2.75, 3.05) is 11.9 Å². The van der Waals surface area contributed by atoms with Crippen molar-refractivity contribution >= 4 is 58.5 Å². The van der Waals surface area contributed by atoms with Crippen LogP contribution in [-0.2, 0) is 0 Å². The Morgan fingerprint density at radius 3 is 2.46 bits per heavy atom. The predicted octanol–water partition coefficient (Wildman–Crippen LogP) is 0.417. The second-order valence-corrected chi connectivity index (χ2v) is 8.71. The van der Waals surface area contributed by atoms with E-state index in [1.165, 1.54) is 24.5 Å². The van der Waals surface area contributed by atoms with Crippen LogP contribution in [0.4, 0.5) is 5.82 Å². The summed E-state index contributed by atoms with van der Waals surface area (Å²) in [5.74, 6) is -0.501. The van der Waals surface area contributed by atoms with E-state index >= 15 is 0 Å². The first-order valence-corrected chi connectivity index (χ1v) is 10.9. The van der Waals surface area contributed by atoms with Crippen LogP contribution in [0.25, 0.3) is 11.1 Å². The third-order valence-electron chi connectivity index (χ3n) is 5.01. The highest BCUT2D eigenvalue weighted by molar-refractivity contribution is 6.40. The number of nitrogens with one attached hydrogen (secondary N) is 3. The molecule has 1 amide bonds. The van der Waals surface area contributed by atoms with Crippen LogP contribution in [0.3, 0.4) is 0 Å². The summed E-state index contributed by atoms with van der Waals surface area (Å²) in [4.78, 5) is 19.6. The molecule has 0 aliphatic rings. The lowest BCUT2D eigenvalue weighted by molar-refractivity contribution is -0.116. The standard InChI is InChI=1S/C21H19B3Cl2N4O5/c22-20(23,33)19(21(24,34)35)30-17-6-13(14(26)8-28-17)11-5-15(27-7-11)18(32)29-16(9-31)10-2-1-3-12(25)4-10/h1-8,16,19,27,31,33-35H,9H2,(H,28,30)(H,29,32). The predicted molar refractivity (Wildman–Crippen MR) is 135 cm³/mol. The molecule has 6 radical (unpaired) electrons. The van der Waals surface area contributed by atoms with Crippen molar-refractivity contribution < 1.29 is 25.2 Å². The zero-order valence-electron chi connectivity index (χ0n) is 18.1. The first-order chi connectivity index (χ1) is 16.3. The van der Waals surface area contributed by atoms with Crippen LogP contribution < -0.4 is 10.6 Å². The van der Waals surface area contributed by atoms with Crippen molar-refractivity contribution in [3.05, 3.63) is 70.1 Å². The van der Waals surface area contributed by atoms with Gasteiger partial charge in [0, 0.05) is 33.9 Å². The lowest BCUT2D eigenvalue weighted by Crippen LogP contribution is -2.62. The van der Waals surface area contributed by atoms with Gasteiger partial charge in [-0.2, -0.15) is 0 Å². The quantitative estimate of drug-likeness (QED) is 0.163. The normalized spacial score (nSPS) is 13.8. The van der Waals surface area contributed by atoms with E-state index in [2.05, 4.69) is 20.6 Å². The van der Waals surface area contributed by atoms with Crippen molar-refractivity contribution in [3.8, 4) is 11.1 Å². The number of rotatable bonds is 9. The smallest absolute Gasteiger partial charge is 0.268 e. The number of aromatic nitrogens is 2. The van der Waals surface area contributed by atoms with Gasteiger partial charge in [0.2, 0.25) is 0 Å². The highest BCUT2D eigenvalue weighted by atomic mass is 35.5. The van der Waals surface area contributed by atoms with E-state index in [0.717, 1.165) is 0 Å². The number of carbonyl (C=O) groups is 1. The Bertz CT molecular complexity index is 1190. The number of H-pyrrole nitrogens is 1. The summed E-state index contributed by atoms with van der Waals surface area (Å²) < 4.78 is 0. The molecular formula is C21H19B3Cl2N4O5. The molecule has 2 atom stereocenters. The van der Waals surface area contributed by atoms with Crippen LogP contribution in [0.1, 0.15) is 22.1 Å². The molecule has 0 aliphatic carbocycles. The van der Waals surface area contributed by atoms with Gasteiger partial charge < -0.3 is 36.0 Å². The van der Waals surface area contributed by atoms with Crippen LogP contribution in [0.15, 0.2) is 48.8 Å². The second kappa shape index (κ2) is 10.7. The minimum Gasteiger partial charge on any atom is -0.407 e. The topological polar surface area (TPSA) is 151 Å². The number of nitrogens with zero attached hydrogens (tertiary/aromatic N) is 1. The number of hydrogen-bond acceptors (Lipinski definition) is 7. The van der Waals surface area contributed by atoms with Gasteiger partial charge in [0.05, 0.1) is 23.7 Å². The maximum Gasteiger partial charge on any atom is 0.268 e. The van der Waals surface area contributed by atoms with Crippen LogP contribution in [0.2, 0.25) is 10.0 Å². The number of amides is 1. The highest BCUT2D eigenvalue weighted by Gasteiger charge is 2.39. The highest BCUT2D eigenvalue weighted by Crippen LogP contribution is 2.31. The summed E-state index contributed by atoms with van der Waals surface area (Å²) in [5, 5.41) is 42.2. The SMILES string of the molecule is [B]C([B])(O)C(Nc1cc(-c2c[nH]c(C(=O)NC(CO)c3cccc(Cl)c3)c2)c(Cl)cn1)C([B])(O)O. The summed E-state index contributed by atoms with van der Waals surface area (Å²) in [7, 11) is 16.0. The largest absolute Gasteiger partial charge is 0.407 e. The van der Waals surface area contributed by atoms with Crippen LogP contribution in [0.5, 0.6) is 0 Å². The van der Waals surface area contributed by atoms with Gasteiger partial charge in [-0.3, -0.25) is 4.79 Å². The number of aliphatic hydroxyl groups excluding tert-OH is 1. The van der Waals surface area contributed by atoms with Crippen molar-refractivity contribution in [2.45, 2.75) is 23.2 Å². The Balaban J connectivity index is 1.83. The zero-order chi connectivity index (χ0) is 26.0. The molecule has 176 valence electrons. The molecule has 2 unspecified atom stereocenters. The lowest BCUT2D eigenvalue weighted by Gasteiger charge is -2.39. The molecule has 9 nitrogen and oxygen atoms in total. The van der Waals surface area contributed by atoms with Gasteiger partial charge in [0.15, 0.2) is 7.85 Å². The summed E-state index contributed by atoms with van der Waals surface area (Å²) in [6.45, 7) is -0.348. The van der Waals surface area contributed by atoms with Gasteiger partial charge in [0.1, 0.15) is 32.9 Å². The molecule has 0 aliphatic heterocycles. The number of benzene rings is 1. The summed E-state index contributed by atoms with van der Waals surface area (Å²) in [6, 6.07) is 7.14. The van der Waals surface area contributed by atoms with Crippen molar-refractivity contribution in [1.29, 1.82) is 0 Å². The average Bonchev–Trinajstić information content (AvgIpc) is 3.25. The molecule has 0 bridgehead atoms. The third kappa shape index (κ3) is 6.81. The zero-order valence-corrected chi connectivity index (χ0v) is 19.6. The van der Waals surface area contributed by atoms with E-state index < -0.39 is 29.1 Å². The maximum atomic E-state index is 12.8. The fourth-order valence-electron chi connectivity index (χ4n) is 3.32. The van der Waals surface area contributed by atoms with Gasteiger partial charge in [0.25, 0.3) is 5.91 Å². The van der Waals surface area contributed by atoms with E-state index in [0.29, 0.717) is 21.7 Å². The van der Waals surface area contributed by atoms with E-state index in [1.54, 1.807) is 24.3 Å². The van der Waals surface area contributed by atoms with Gasteiger partial charge >= 0.3 is 0 Å². The molecule has 3 rings (SSSR count). The maximum absolute atomic E-state index is 12.8. The number of hydrogen-bond donors (Lipinski definition) is 7. The van der Waals surface area contributed by atoms with Gasteiger partial charge in [-0.15, -0.1) is 0 Å². The molecule has 2 heterocycles. The van der Waals surface area contributed by atoms with E-state index in [9.17, 15) is 25.2 Å². The molecule has 0 spiro atoms. The fourth-order valence-corrected chi connectivity index (χ4v) is 3.73. The van der Waals surface area contributed by atoms with Crippen molar-refractivity contribution in [3.63, 3.8) is 0 Å². The Hall–Kier alpha value is -2.47. The van der Waals surface area contributed by atoms with Crippen molar-refractivity contribution in [1.82, 2.24) is 15.3 Å². The van der Waals surface area contributed by atoms with Crippen LogP contribution in [0, 0.1) is 0 Å².